The molecule has 0 bridgehead atoms. The van der Waals surface area contributed by atoms with E-state index in [9.17, 15) is 0 Å². The van der Waals surface area contributed by atoms with Crippen molar-refractivity contribution in [3.8, 4) is 0 Å². The maximum atomic E-state index is 6.02. The molecule has 1 aliphatic rings. The number of halogens is 2. The van der Waals surface area contributed by atoms with Crippen LogP contribution in [0.3, 0.4) is 0 Å². The number of rotatable bonds is 7. The van der Waals surface area contributed by atoms with Crippen LogP contribution in [0.5, 0.6) is 0 Å². The van der Waals surface area contributed by atoms with Gasteiger partial charge < -0.3 is 9.73 Å². The lowest BCUT2D eigenvalue weighted by atomic mass is 10.0. The van der Waals surface area contributed by atoms with E-state index < -0.39 is 0 Å². The molecule has 0 amide bonds. The molecule has 0 aliphatic carbocycles. The lowest BCUT2D eigenvalue weighted by Crippen LogP contribution is -2.45. The zero-order chi connectivity index (χ0) is 13.5. The van der Waals surface area contributed by atoms with Gasteiger partial charge in [0.05, 0.1) is 6.04 Å². The van der Waals surface area contributed by atoms with Crippen LogP contribution < -0.4 is 5.32 Å². The molecule has 0 aromatic carbocycles. The zero-order valence-corrected chi connectivity index (χ0v) is 14.9. The number of aryl methyl sites for hydroxylation is 1. The van der Waals surface area contributed by atoms with Gasteiger partial charge in [0.15, 0.2) is 0 Å². The Hall–Kier alpha value is -0.220. The molecule has 124 valence electrons. The van der Waals surface area contributed by atoms with Crippen LogP contribution >= 0.6 is 24.8 Å². The summed E-state index contributed by atoms with van der Waals surface area (Å²) in [5, 5.41) is 3.43. The van der Waals surface area contributed by atoms with Gasteiger partial charge >= 0.3 is 0 Å². The van der Waals surface area contributed by atoms with Crippen molar-refractivity contribution in [2.45, 2.75) is 52.0 Å². The van der Waals surface area contributed by atoms with Gasteiger partial charge in [-0.1, -0.05) is 33.1 Å². The lowest BCUT2D eigenvalue weighted by molar-refractivity contribution is 0.143. The molecule has 5 heteroatoms. The summed E-state index contributed by atoms with van der Waals surface area (Å²) in [6, 6.07) is 4.82. The highest BCUT2D eigenvalue weighted by molar-refractivity contribution is 5.85. The van der Waals surface area contributed by atoms with Gasteiger partial charge in [-0.15, -0.1) is 24.8 Å². The second-order valence-corrected chi connectivity index (χ2v) is 5.46. The molecule has 0 radical (unpaired) electrons. The first-order valence-corrected chi connectivity index (χ1v) is 7.88. The molecule has 0 spiro atoms. The zero-order valence-electron chi connectivity index (χ0n) is 13.3. The molecule has 0 saturated carbocycles. The molecule has 1 fully saturated rings. The molecule has 3 nitrogen and oxygen atoms in total. The van der Waals surface area contributed by atoms with Crippen LogP contribution in [0, 0.1) is 0 Å². The molecule has 1 atom stereocenters. The van der Waals surface area contributed by atoms with E-state index in [1.54, 1.807) is 0 Å². The van der Waals surface area contributed by atoms with E-state index in [4.69, 9.17) is 4.42 Å². The summed E-state index contributed by atoms with van der Waals surface area (Å²) in [5.41, 5.74) is 0. The van der Waals surface area contributed by atoms with E-state index in [2.05, 4.69) is 36.2 Å². The van der Waals surface area contributed by atoms with Crippen LogP contribution in [0.1, 0.15) is 57.1 Å². The minimum atomic E-state index is 0. The molecule has 2 rings (SSSR count). The molecule has 2 heterocycles. The number of piperazine rings is 1. The van der Waals surface area contributed by atoms with Crippen molar-refractivity contribution in [2.24, 2.45) is 0 Å². The van der Waals surface area contributed by atoms with Crippen LogP contribution in [0.25, 0.3) is 0 Å². The fourth-order valence-electron chi connectivity index (χ4n) is 2.85. The minimum absolute atomic E-state index is 0. The van der Waals surface area contributed by atoms with Gasteiger partial charge in [-0.3, -0.25) is 4.90 Å². The summed E-state index contributed by atoms with van der Waals surface area (Å²) in [7, 11) is 0. The molecule has 1 aromatic rings. The molecule has 1 N–H and O–H groups in total. The highest BCUT2D eigenvalue weighted by atomic mass is 35.5. The Labute approximate surface area is 141 Å². The predicted octanol–water partition coefficient (Wildman–Crippen LogP) is 4.21. The van der Waals surface area contributed by atoms with Crippen molar-refractivity contribution in [1.29, 1.82) is 0 Å². The molecule has 1 saturated heterocycles. The quantitative estimate of drug-likeness (QED) is 0.756. The van der Waals surface area contributed by atoms with Crippen molar-refractivity contribution in [3.05, 3.63) is 23.7 Å². The Morgan fingerprint density at radius 1 is 1.14 bits per heavy atom. The Morgan fingerprint density at radius 3 is 2.43 bits per heavy atom. The summed E-state index contributed by atoms with van der Waals surface area (Å²) < 4.78 is 6.02. The Bertz CT molecular complexity index is 365. The summed E-state index contributed by atoms with van der Waals surface area (Å²) in [4.78, 5) is 2.59. The minimum Gasteiger partial charge on any atom is -0.464 e. The summed E-state index contributed by atoms with van der Waals surface area (Å²) in [5.74, 6) is 2.29. The average molecular weight is 337 g/mol. The largest absolute Gasteiger partial charge is 0.464 e. The van der Waals surface area contributed by atoms with Crippen molar-refractivity contribution < 1.29 is 4.42 Å². The molecular weight excluding hydrogens is 307 g/mol. The first-order chi connectivity index (χ1) is 9.35. The second-order valence-electron chi connectivity index (χ2n) is 5.46. The first kappa shape index (κ1) is 20.8. The van der Waals surface area contributed by atoms with E-state index in [1.165, 1.54) is 31.4 Å². The van der Waals surface area contributed by atoms with Crippen molar-refractivity contribution in [1.82, 2.24) is 10.2 Å². The van der Waals surface area contributed by atoms with Gasteiger partial charge in [-0.05, 0) is 18.6 Å². The highest BCUT2D eigenvalue weighted by Gasteiger charge is 2.24. The van der Waals surface area contributed by atoms with Gasteiger partial charge in [0.2, 0.25) is 0 Å². The average Bonchev–Trinajstić information content (AvgIpc) is 2.93. The fourth-order valence-corrected chi connectivity index (χ4v) is 2.85. The van der Waals surface area contributed by atoms with Gasteiger partial charge in [0.25, 0.3) is 0 Å². The third-order valence-corrected chi connectivity index (χ3v) is 4.03. The lowest BCUT2D eigenvalue weighted by Gasteiger charge is -2.34. The summed E-state index contributed by atoms with van der Waals surface area (Å²) >= 11 is 0. The van der Waals surface area contributed by atoms with Crippen molar-refractivity contribution in [3.63, 3.8) is 0 Å². The van der Waals surface area contributed by atoms with Gasteiger partial charge in [-0.2, -0.15) is 0 Å². The summed E-state index contributed by atoms with van der Waals surface area (Å²) in [6.07, 6.45) is 6.12. The van der Waals surface area contributed by atoms with E-state index in [-0.39, 0.29) is 24.8 Å². The van der Waals surface area contributed by atoms with E-state index in [1.807, 2.05) is 0 Å². The van der Waals surface area contributed by atoms with Crippen molar-refractivity contribution in [2.75, 3.05) is 26.2 Å². The number of hydrogen-bond donors (Lipinski definition) is 1. The molecule has 0 unspecified atom stereocenters. The van der Waals surface area contributed by atoms with Crippen molar-refractivity contribution >= 4 is 24.8 Å². The normalized spacial score (nSPS) is 16.9. The Balaban J connectivity index is 0.00000200. The molecule has 1 aliphatic heterocycles. The topological polar surface area (TPSA) is 28.4 Å². The maximum Gasteiger partial charge on any atom is 0.121 e. The number of hydrogen-bond acceptors (Lipinski definition) is 3. The standard InChI is InChI=1S/C16H28N2O.2ClH/c1-3-5-6-7-15(18-12-10-17-11-13-18)16-9-8-14(4-2)19-16;;/h8-9,15,17H,3-7,10-13H2,1-2H3;2*1H/t15-;;/m0../s1. The Morgan fingerprint density at radius 2 is 1.86 bits per heavy atom. The summed E-state index contributed by atoms with van der Waals surface area (Å²) in [6.45, 7) is 8.90. The van der Waals surface area contributed by atoms with Gasteiger partial charge in [0.1, 0.15) is 11.5 Å². The number of nitrogens with zero attached hydrogens (tertiary/aromatic N) is 1. The van der Waals surface area contributed by atoms with Crippen LogP contribution in [0.15, 0.2) is 16.5 Å². The smallest absolute Gasteiger partial charge is 0.121 e. The Kier molecular flexibility index (Phi) is 11.2. The van der Waals surface area contributed by atoms with Gasteiger partial charge in [0, 0.05) is 32.6 Å². The number of nitrogens with one attached hydrogen (secondary N) is 1. The highest BCUT2D eigenvalue weighted by Crippen LogP contribution is 2.28. The first-order valence-electron chi connectivity index (χ1n) is 7.88. The number of furan rings is 1. The SMILES string of the molecule is CCCCC[C@@H](c1ccc(CC)o1)N1CCNCC1.Cl.Cl. The van der Waals surface area contributed by atoms with E-state index in [0.717, 1.165) is 38.4 Å². The predicted molar refractivity (Wildman–Crippen MR) is 93.9 cm³/mol. The van der Waals surface area contributed by atoms with E-state index in [0.29, 0.717) is 6.04 Å². The third kappa shape index (κ3) is 6.19. The molecule has 1 aromatic heterocycles. The third-order valence-electron chi connectivity index (χ3n) is 4.03. The molecule has 21 heavy (non-hydrogen) atoms. The van der Waals surface area contributed by atoms with Crippen LogP contribution in [0.4, 0.5) is 0 Å². The second kappa shape index (κ2) is 11.4. The molecular formula is C16H30Cl2N2O. The fraction of sp³-hybridized carbons (Fsp3) is 0.750. The van der Waals surface area contributed by atoms with E-state index >= 15 is 0 Å². The maximum absolute atomic E-state index is 6.02. The van der Waals surface area contributed by atoms with Crippen LogP contribution in [-0.4, -0.2) is 31.1 Å². The van der Waals surface area contributed by atoms with Gasteiger partial charge in [-0.25, -0.2) is 0 Å². The van der Waals surface area contributed by atoms with Crippen LogP contribution in [0.2, 0.25) is 0 Å². The number of unbranched alkanes of at least 4 members (excludes halogenated alkanes) is 2. The van der Waals surface area contributed by atoms with Crippen LogP contribution in [-0.2, 0) is 6.42 Å². The monoisotopic (exact) mass is 336 g/mol.